The highest BCUT2D eigenvalue weighted by molar-refractivity contribution is 7.73. The molecule has 1 heterocycles. The molecule has 0 aliphatic heterocycles. The predicted molar refractivity (Wildman–Crippen MR) is 109 cm³/mol. The van der Waals surface area contributed by atoms with Gasteiger partial charge < -0.3 is 10.2 Å². The molecule has 4 nitrogen and oxygen atoms in total. The Labute approximate surface area is 167 Å². The first kappa shape index (κ1) is 18.3. The molecule has 4 rings (SSSR count). The van der Waals surface area contributed by atoms with Gasteiger partial charge in [-0.1, -0.05) is 41.7 Å². The van der Waals surface area contributed by atoms with Crippen LogP contribution in [-0.4, -0.2) is 15.8 Å². The fraction of sp³-hybridized carbons (Fsp3) is 0.300. The molecule has 1 aliphatic carbocycles. The normalized spacial score (nSPS) is 14.9. The van der Waals surface area contributed by atoms with E-state index >= 15 is 0 Å². The van der Waals surface area contributed by atoms with E-state index in [1.165, 1.54) is 46.8 Å². The fourth-order valence-corrected chi connectivity index (χ4v) is 4.18. The molecular formula is C20H22FN4S2+. The Morgan fingerprint density at radius 1 is 1.22 bits per heavy atom. The molecule has 0 bridgehead atoms. The lowest BCUT2D eigenvalue weighted by molar-refractivity contribution is -0.947. The van der Waals surface area contributed by atoms with Crippen molar-refractivity contribution in [3.05, 3.63) is 69.4 Å². The molecular weight excluding hydrogens is 379 g/mol. The van der Waals surface area contributed by atoms with E-state index in [1.54, 1.807) is 0 Å². The van der Waals surface area contributed by atoms with Crippen molar-refractivity contribution in [1.82, 2.24) is 9.78 Å². The van der Waals surface area contributed by atoms with E-state index in [2.05, 4.69) is 18.3 Å². The van der Waals surface area contributed by atoms with Crippen molar-refractivity contribution in [2.45, 2.75) is 39.0 Å². The summed E-state index contributed by atoms with van der Waals surface area (Å²) in [6.45, 7) is 3.65. The highest BCUT2D eigenvalue weighted by Gasteiger charge is 2.33. The van der Waals surface area contributed by atoms with Gasteiger partial charge in [0.05, 0.1) is 6.04 Å². The zero-order valence-electron chi connectivity index (χ0n) is 15.1. The van der Waals surface area contributed by atoms with Crippen LogP contribution in [0, 0.1) is 16.7 Å². The van der Waals surface area contributed by atoms with Crippen molar-refractivity contribution in [2.24, 2.45) is 0 Å². The lowest BCUT2D eigenvalue weighted by Gasteiger charge is -2.19. The fourth-order valence-electron chi connectivity index (χ4n) is 3.16. The molecule has 1 saturated carbocycles. The molecule has 1 aliphatic rings. The first-order valence-electron chi connectivity index (χ1n) is 9.08. The highest BCUT2D eigenvalue weighted by Crippen LogP contribution is 2.23. The Bertz CT molecular complexity index is 976. The third kappa shape index (κ3) is 4.61. The Balaban J connectivity index is 1.49. The lowest BCUT2D eigenvalue weighted by Crippen LogP contribution is -3.11. The average Bonchev–Trinajstić information content (AvgIpc) is 3.44. The Hall–Kier alpha value is -2.09. The SMILES string of the molecule is Cc1ccccc1Nc1nn(C[NH+](Cc2ccc(F)cc2)C2CC2)c(=S)s1. The van der Waals surface area contributed by atoms with Crippen LogP contribution in [0.5, 0.6) is 0 Å². The summed E-state index contributed by atoms with van der Waals surface area (Å²) in [4.78, 5) is 1.42. The van der Waals surface area contributed by atoms with Crippen molar-refractivity contribution in [2.75, 3.05) is 5.32 Å². The second kappa shape index (κ2) is 7.88. The number of benzene rings is 2. The van der Waals surface area contributed by atoms with Crippen LogP contribution in [0.25, 0.3) is 0 Å². The van der Waals surface area contributed by atoms with Gasteiger partial charge in [-0.15, -0.1) is 5.10 Å². The van der Waals surface area contributed by atoms with Crippen molar-refractivity contribution in [3.63, 3.8) is 0 Å². The third-order valence-electron chi connectivity index (χ3n) is 4.84. The number of nitrogens with zero attached hydrogens (tertiary/aromatic N) is 2. The van der Waals surface area contributed by atoms with E-state index in [4.69, 9.17) is 17.3 Å². The minimum atomic E-state index is -0.194. The van der Waals surface area contributed by atoms with Crippen molar-refractivity contribution >= 4 is 34.4 Å². The number of quaternary nitrogens is 1. The molecule has 2 aromatic carbocycles. The summed E-state index contributed by atoms with van der Waals surface area (Å²) >= 11 is 7.04. The molecule has 1 fully saturated rings. The van der Waals surface area contributed by atoms with Gasteiger partial charge in [0.1, 0.15) is 12.4 Å². The number of para-hydroxylation sites is 1. The van der Waals surface area contributed by atoms with Gasteiger partial charge in [-0.05, 0) is 42.9 Å². The maximum Gasteiger partial charge on any atom is 0.209 e. The minimum absolute atomic E-state index is 0.194. The molecule has 2 N–H and O–H groups in total. The van der Waals surface area contributed by atoms with Crippen molar-refractivity contribution < 1.29 is 9.29 Å². The van der Waals surface area contributed by atoms with Gasteiger partial charge in [0.25, 0.3) is 0 Å². The Morgan fingerprint density at radius 3 is 2.67 bits per heavy atom. The number of hydrogen-bond donors (Lipinski definition) is 2. The van der Waals surface area contributed by atoms with Crippen molar-refractivity contribution in [3.8, 4) is 0 Å². The molecule has 3 aromatic rings. The quantitative estimate of drug-likeness (QED) is 0.586. The molecule has 0 spiro atoms. The Kier molecular flexibility index (Phi) is 5.33. The Morgan fingerprint density at radius 2 is 1.96 bits per heavy atom. The van der Waals surface area contributed by atoms with Crippen molar-refractivity contribution in [1.29, 1.82) is 0 Å². The van der Waals surface area contributed by atoms with E-state index in [9.17, 15) is 4.39 Å². The number of rotatable bonds is 7. The van der Waals surface area contributed by atoms with Gasteiger partial charge in [0, 0.05) is 24.1 Å². The van der Waals surface area contributed by atoms with Gasteiger partial charge in [-0.3, -0.25) is 0 Å². The van der Waals surface area contributed by atoms with Crippen LogP contribution in [0.4, 0.5) is 15.2 Å². The van der Waals surface area contributed by atoms with Crippen LogP contribution in [0.2, 0.25) is 0 Å². The van der Waals surface area contributed by atoms with Crippen LogP contribution < -0.4 is 10.2 Å². The number of anilines is 2. The summed E-state index contributed by atoms with van der Waals surface area (Å²) in [7, 11) is 0. The van der Waals surface area contributed by atoms with Gasteiger partial charge in [0.15, 0.2) is 10.6 Å². The first-order valence-corrected chi connectivity index (χ1v) is 10.3. The first-order chi connectivity index (χ1) is 13.1. The van der Waals surface area contributed by atoms with E-state index in [0.717, 1.165) is 33.6 Å². The summed E-state index contributed by atoms with van der Waals surface area (Å²) < 4.78 is 15.8. The zero-order valence-corrected chi connectivity index (χ0v) is 16.7. The van der Waals surface area contributed by atoms with Gasteiger partial charge in [-0.25, -0.2) is 4.39 Å². The van der Waals surface area contributed by atoms with E-state index < -0.39 is 0 Å². The van der Waals surface area contributed by atoms with Gasteiger partial charge >= 0.3 is 0 Å². The molecule has 140 valence electrons. The van der Waals surface area contributed by atoms with E-state index in [1.807, 2.05) is 35.0 Å². The standard InChI is InChI=1S/C20H21FN4S2/c1-14-4-2-3-5-18(14)22-19-23-25(20(26)27-19)13-24(17-10-11-17)12-15-6-8-16(21)9-7-15/h2-9,17H,10-13H2,1H3,(H,22,23)/p+1. The summed E-state index contributed by atoms with van der Waals surface area (Å²) in [6.07, 6.45) is 2.45. The topological polar surface area (TPSA) is 34.3 Å². The molecule has 0 amide bonds. The third-order valence-corrected chi connectivity index (χ3v) is 6.07. The van der Waals surface area contributed by atoms with E-state index in [-0.39, 0.29) is 5.82 Å². The van der Waals surface area contributed by atoms with Gasteiger partial charge in [0.2, 0.25) is 5.13 Å². The van der Waals surface area contributed by atoms with Crippen LogP contribution in [0.3, 0.4) is 0 Å². The maximum absolute atomic E-state index is 13.2. The summed E-state index contributed by atoms with van der Waals surface area (Å²) in [5, 5.41) is 8.88. The highest BCUT2D eigenvalue weighted by atomic mass is 32.1. The molecule has 1 atom stereocenters. The summed E-state index contributed by atoms with van der Waals surface area (Å²) in [5.74, 6) is -0.194. The number of halogens is 1. The largest absolute Gasteiger partial charge is 0.330 e. The monoisotopic (exact) mass is 401 g/mol. The average molecular weight is 402 g/mol. The zero-order chi connectivity index (χ0) is 18.8. The number of hydrogen-bond acceptors (Lipinski definition) is 4. The molecule has 27 heavy (non-hydrogen) atoms. The number of nitrogens with one attached hydrogen (secondary N) is 2. The van der Waals surface area contributed by atoms with E-state index in [0.29, 0.717) is 6.04 Å². The molecule has 0 saturated heterocycles. The molecule has 1 aromatic heterocycles. The van der Waals surface area contributed by atoms with Crippen LogP contribution in [0.15, 0.2) is 48.5 Å². The number of aryl methyl sites for hydroxylation is 1. The van der Waals surface area contributed by atoms with Crippen LogP contribution in [0.1, 0.15) is 24.0 Å². The minimum Gasteiger partial charge on any atom is -0.330 e. The second-order valence-corrected chi connectivity index (χ2v) is 8.63. The molecule has 0 radical (unpaired) electrons. The lowest BCUT2D eigenvalue weighted by atomic mass is 10.2. The number of aromatic nitrogens is 2. The predicted octanol–water partition coefficient (Wildman–Crippen LogP) is 4.07. The van der Waals surface area contributed by atoms with Crippen LogP contribution >= 0.6 is 23.6 Å². The maximum atomic E-state index is 13.2. The second-order valence-electron chi connectivity index (χ2n) is 7.01. The summed E-state index contributed by atoms with van der Waals surface area (Å²) in [5.41, 5.74) is 3.36. The van der Waals surface area contributed by atoms with Gasteiger partial charge in [-0.2, -0.15) is 4.68 Å². The summed E-state index contributed by atoms with van der Waals surface area (Å²) in [6, 6.07) is 15.6. The molecule has 1 unspecified atom stereocenters. The molecule has 7 heteroatoms. The smallest absolute Gasteiger partial charge is 0.209 e. The van der Waals surface area contributed by atoms with Crippen LogP contribution in [-0.2, 0) is 13.2 Å².